The predicted octanol–water partition coefficient (Wildman–Crippen LogP) is 3.74. The Morgan fingerprint density at radius 2 is 1.71 bits per heavy atom. The number of amides is 2. The molecule has 2 aromatic rings. The summed E-state index contributed by atoms with van der Waals surface area (Å²) >= 11 is 0. The molecule has 1 unspecified atom stereocenters. The Bertz CT molecular complexity index is 801. The Morgan fingerprint density at radius 3 is 2.43 bits per heavy atom. The average molecular weight is 379 g/mol. The van der Waals surface area contributed by atoms with Crippen LogP contribution in [0.15, 0.2) is 54.6 Å². The minimum absolute atomic E-state index is 0.0420. The standard InChI is InChI=1S/C24H30N2O2/c1-18(2)15-23(27)26-17-21-13-7-6-12-20(21)16-22(26)24(28)25-14-8-11-19-9-4-3-5-10-19/h3-7,9-10,12-13,18,22H,8,11,14-17H2,1-2H3,(H,25,28). The molecule has 0 radical (unpaired) electrons. The van der Waals surface area contributed by atoms with Crippen LogP contribution < -0.4 is 5.32 Å². The second-order valence-corrected chi connectivity index (χ2v) is 7.99. The van der Waals surface area contributed by atoms with Crippen molar-refractivity contribution in [3.8, 4) is 0 Å². The van der Waals surface area contributed by atoms with E-state index in [9.17, 15) is 9.59 Å². The van der Waals surface area contributed by atoms with Gasteiger partial charge in [0, 0.05) is 25.9 Å². The topological polar surface area (TPSA) is 49.4 Å². The molecule has 0 saturated carbocycles. The van der Waals surface area contributed by atoms with E-state index in [1.807, 2.05) is 44.2 Å². The first-order valence-corrected chi connectivity index (χ1v) is 10.2. The average Bonchev–Trinajstić information content (AvgIpc) is 2.70. The van der Waals surface area contributed by atoms with Crippen molar-refractivity contribution < 1.29 is 9.59 Å². The van der Waals surface area contributed by atoms with Crippen molar-refractivity contribution in [3.63, 3.8) is 0 Å². The number of carbonyl (C=O) groups excluding carboxylic acids is 2. The van der Waals surface area contributed by atoms with Gasteiger partial charge >= 0.3 is 0 Å². The van der Waals surface area contributed by atoms with E-state index in [-0.39, 0.29) is 17.7 Å². The fourth-order valence-electron chi connectivity index (χ4n) is 3.75. The van der Waals surface area contributed by atoms with Gasteiger partial charge in [-0.3, -0.25) is 9.59 Å². The molecule has 0 spiro atoms. The van der Waals surface area contributed by atoms with Crippen LogP contribution in [0.1, 0.15) is 43.4 Å². The van der Waals surface area contributed by atoms with Gasteiger partial charge in [-0.25, -0.2) is 0 Å². The maximum atomic E-state index is 12.9. The summed E-state index contributed by atoms with van der Waals surface area (Å²) in [5.74, 6) is 0.299. The number of nitrogens with zero attached hydrogens (tertiary/aromatic N) is 1. The number of nitrogens with one attached hydrogen (secondary N) is 1. The molecule has 3 rings (SSSR count). The number of hydrogen-bond acceptors (Lipinski definition) is 2. The van der Waals surface area contributed by atoms with Crippen molar-refractivity contribution in [2.75, 3.05) is 6.54 Å². The summed E-state index contributed by atoms with van der Waals surface area (Å²) in [6, 6.07) is 18.0. The smallest absolute Gasteiger partial charge is 0.243 e. The highest BCUT2D eigenvalue weighted by Crippen LogP contribution is 2.25. The Hall–Kier alpha value is -2.62. The lowest BCUT2D eigenvalue weighted by molar-refractivity contribution is -0.142. The second kappa shape index (κ2) is 9.54. The van der Waals surface area contributed by atoms with Crippen molar-refractivity contribution in [1.29, 1.82) is 0 Å². The van der Waals surface area contributed by atoms with Crippen LogP contribution in [0.25, 0.3) is 0 Å². The molecule has 0 fully saturated rings. The highest BCUT2D eigenvalue weighted by atomic mass is 16.2. The fraction of sp³-hybridized carbons (Fsp3) is 0.417. The van der Waals surface area contributed by atoms with Gasteiger partial charge < -0.3 is 10.2 Å². The lowest BCUT2D eigenvalue weighted by Gasteiger charge is -2.36. The van der Waals surface area contributed by atoms with Gasteiger partial charge in [-0.2, -0.15) is 0 Å². The highest BCUT2D eigenvalue weighted by molar-refractivity contribution is 5.88. The molecular formula is C24H30N2O2. The molecule has 1 aliphatic rings. The van der Waals surface area contributed by atoms with Crippen LogP contribution in [0.4, 0.5) is 0 Å². The SMILES string of the molecule is CC(C)CC(=O)N1Cc2ccccc2CC1C(=O)NCCCc1ccccc1. The minimum Gasteiger partial charge on any atom is -0.354 e. The molecule has 4 heteroatoms. The van der Waals surface area contributed by atoms with Crippen LogP contribution in [0.2, 0.25) is 0 Å². The van der Waals surface area contributed by atoms with Crippen LogP contribution in [-0.2, 0) is 29.0 Å². The summed E-state index contributed by atoms with van der Waals surface area (Å²) < 4.78 is 0. The maximum Gasteiger partial charge on any atom is 0.243 e. The molecule has 2 amide bonds. The van der Waals surface area contributed by atoms with E-state index in [0.29, 0.717) is 25.9 Å². The van der Waals surface area contributed by atoms with E-state index < -0.39 is 6.04 Å². The lowest BCUT2D eigenvalue weighted by Crippen LogP contribution is -2.52. The highest BCUT2D eigenvalue weighted by Gasteiger charge is 2.34. The van der Waals surface area contributed by atoms with Gasteiger partial charge in [-0.15, -0.1) is 0 Å². The summed E-state index contributed by atoms with van der Waals surface area (Å²) in [4.78, 5) is 27.5. The molecule has 0 saturated heterocycles. The van der Waals surface area contributed by atoms with E-state index in [1.54, 1.807) is 4.90 Å². The van der Waals surface area contributed by atoms with Crippen molar-refractivity contribution in [1.82, 2.24) is 10.2 Å². The zero-order chi connectivity index (χ0) is 19.9. The monoisotopic (exact) mass is 378 g/mol. The Balaban J connectivity index is 1.62. The third-order valence-electron chi connectivity index (χ3n) is 5.24. The normalized spacial score (nSPS) is 16.0. The molecule has 1 heterocycles. The third-order valence-corrected chi connectivity index (χ3v) is 5.24. The fourth-order valence-corrected chi connectivity index (χ4v) is 3.75. The summed E-state index contributed by atoms with van der Waals surface area (Å²) in [5, 5.41) is 3.06. The van der Waals surface area contributed by atoms with Crippen LogP contribution >= 0.6 is 0 Å². The Kier molecular flexibility index (Phi) is 6.85. The number of aryl methyl sites for hydroxylation is 1. The van der Waals surface area contributed by atoms with Crippen molar-refractivity contribution in [2.45, 2.75) is 52.1 Å². The first-order chi connectivity index (χ1) is 13.5. The van der Waals surface area contributed by atoms with Crippen LogP contribution in [0.3, 0.4) is 0 Å². The third kappa shape index (κ3) is 5.22. The molecule has 0 bridgehead atoms. The molecule has 0 aliphatic carbocycles. The number of fused-ring (bicyclic) bond motifs is 1. The molecular weight excluding hydrogens is 348 g/mol. The van der Waals surface area contributed by atoms with E-state index in [4.69, 9.17) is 0 Å². The van der Waals surface area contributed by atoms with Gasteiger partial charge in [-0.1, -0.05) is 68.4 Å². The summed E-state index contributed by atoms with van der Waals surface area (Å²) in [5.41, 5.74) is 3.59. The number of hydrogen-bond donors (Lipinski definition) is 1. The van der Waals surface area contributed by atoms with Crippen molar-refractivity contribution in [3.05, 3.63) is 71.3 Å². The maximum absolute atomic E-state index is 12.9. The lowest BCUT2D eigenvalue weighted by atomic mass is 9.92. The van der Waals surface area contributed by atoms with E-state index in [2.05, 4.69) is 29.6 Å². The quantitative estimate of drug-likeness (QED) is 0.746. The molecule has 148 valence electrons. The number of rotatable bonds is 7. The summed E-state index contributed by atoms with van der Waals surface area (Å²) in [6.45, 7) is 5.21. The van der Waals surface area contributed by atoms with E-state index in [0.717, 1.165) is 18.4 Å². The van der Waals surface area contributed by atoms with Gasteiger partial charge in [0.25, 0.3) is 0 Å². The predicted molar refractivity (Wildman–Crippen MR) is 112 cm³/mol. The van der Waals surface area contributed by atoms with Crippen LogP contribution in [0.5, 0.6) is 0 Å². The van der Waals surface area contributed by atoms with Crippen LogP contribution in [0, 0.1) is 5.92 Å². The van der Waals surface area contributed by atoms with Crippen LogP contribution in [-0.4, -0.2) is 29.3 Å². The van der Waals surface area contributed by atoms with Gasteiger partial charge in [-0.05, 0) is 35.4 Å². The molecule has 1 N–H and O–H groups in total. The number of carbonyl (C=O) groups is 2. The van der Waals surface area contributed by atoms with Crippen molar-refractivity contribution in [2.24, 2.45) is 5.92 Å². The van der Waals surface area contributed by atoms with Gasteiger partial charge in [0.05, 0.1) is 0 Å². The second-order valence-electron chi connectivity index (χ2n) is 7.99. The Morgan fingerprint density at radius 1 is 1.04 bits per heavy atom. The number of benzene rings is 2. The molecule has 1 atom stereocenters. The molecule has 0 aromatic heterocycles. The summed E-state index contributed by atoms with van der Waals surface area (Å²) in [6.07, 6.45) is 2.88. The van der Waals surface area contributed by atoms with Gasteiger partial charge in [0.2, 0.25) is 11.8 Å². The minimum atomic E-state index is -0.419. The first kappa shape index (κ1) is 20.1. The largest absolute Gasteiger partial charge is 0.354 e. The van der Waals surface area contributed by atoms with Crippen molar-refractivity contribution >= 4 is 11.8 Å². The first-order valence-electron chi connectivity index (χ1n) is 10.2. The zero-order valence-electron chi connectivity index (χ0n) is 16.9. The molecule has 28 heavy (non-hydrogen) atoms. The molecule has 2 aromatic carbocycles. The Labute approximate surface area is 167 Å². The van der Waals surface area contributed by atoms with Gasteiger partial charge in [0.15, 0.2) is 0 Å². The molecule has 4 nitrogen and oxygen atoms in total. The van der Waals surface area contributed by atoms with Gasteiger partial charge in [0.1, 0.15) is 6.04 Å². The van der Waals surface area contributed by atoms with E-state index in [1.165, 1.54) is 11.1 Å². The summed E-state index contributed by atoms with van der Waals surface area (Å²) in [7, 11) is 0. The molecule has 1 aliphatic heterocycles. The van der Waals surface area contributed by atoms with E-state index >= 15 is 0 Å². The zero-order valence-corrected chi connectivity index (χ0v) is 16.9.